The zero-order valence-corrected chi connectivity index (χ0v) is 26.6. The van der Waals surface area contributed by atoms with Crippen molar-refractivity contribution in [2.45, 2.75) is 69.6 Å². The molecule has 1 spiro atoms. The number of ether oxygens (including phenoxy) is 3. The van der Waals surface area contributed by atoms with Crippen LogP contribution in [0, 0.1) is 11.8 Å². The van der Waals surface area contributed by atoms with Gasteiger partial charge in [-0.25, -0.2) is 4.79 Å². The quantitative estimate of drug-likeness (QED) is 0.187. The van der Waals surface area contributed by atoms with Gasteiger partial charge in [-0.2, -0.15) is 0 Å². The molecule has 0 N–H and O–H groups in total. The van der Waals surface area contributed by atoms with Crippen LogP contribution in [0.3, 0.4) is 0 Å². The average Bonchev–Trinajstić information content (AvgIpc) is 3.31. The number of likely N-dealkylation sites (tertiary alicyclic amines) is 1. The fraction of sp³-hybridized carbons (Fsp3) is 0.529. The highest BCUT2D eigenvalue weighted by molar-refractivity contribution is 6.42. The maximum Gasteiger partial charge on any atom is 0.337 e. The maximum atomic E-state index is 14.2. The largest absolute Gasteiger partial charge is 0.483 e. The van der Waals surface area contributed by atoms with Gasteiger partial charge >= 0.3 is 5.97 Å². The van der Waals surface area contributed by atoms with E-state index >= 15 is 0 Å². The van der Waals surface area contributed by atoms with Crippen LogP contribution in [0.4, 0.5) is 0 Å². The minimum absolute atomic E-state index is 0.0508. The number of methoxy groups -OCH3 is 1. The van der Waals surface area contributed by atoms with Crippen molar-refractivity contribution in [2.75, 3.05) is 33.4 Å². The molecule has 2 bridgehead atoms. The molecule has 2 aromatic carbocycles. The van der Waals surface area contributed by atoms with Gasteiger partial charge in [-0.3, -0.25) is 9.69 Å². The van der Waals surface area contributed by atoms with Crippen LogP contribution < -0.4 is 9.47 Å². The molecule has 0 aromatic heterocycles. The average molecular weight is 628 g/mol. The number of rotatable bonds is 10. The summed E-state index contributed by atoms with van der Waals surface area (Å²) < 4.78 is 17.8. The zero-order chi connectivity index (χ0) is 30.5. The van der Waals surface area contributed by atoms with Crippen molar-refractivity contribution in [1.82, 2.24) is 9.80 Å². The van der Waals surface area contributed by atoms with E-state index in [9.17, 15) is 9.59 Å². The number of carbonyl (C=O) groups is 2. The Labute approximate surface area is 264 Å². The smallest absolute Gasteiger partial charge is 0.337 e. The van der Waals surface area contributed by atoms with Gasteiger partial charge in [0.15, 0.2) is 11.5 Å². The highest BCUT2D eigenvalue weighted by atomic mass is 35.5. The minimum Gasteiger partial charge on any atom is -0.483 e. The SMILES string of the molecule is C=CCN1CC[C@]23c4c5ccc(OC(=O)COC)c4OC2C(N(CC(C)C)C(=O)Cc2ccc(Cl)c(Cl)c2)CC[C@H]3[C@H]1C5. The number of esters is 1. The van der Waals surface area contributed by atoms with Gasteiger partial charge in [-0.05, 0) is 73.4 Å². The van der Waals surface area contributed by atoms with Crippen LogP contribution in [-0.2, 0) is 32.6 Å². The van der Waals surface area contributed by atoms with Crippen LogP contribution in [-0.4, -0.2) is 73.2 Å². The van der Waals surface area contributed by atoms with E-state index in [-0.39, 0.29) is 42.4 Å². The number of hydrogen-bond donors (Lipinski definition) is 0. The first-order valence-corrected chi connectivity index (χ1v) is 16.0. The Hall–Kier alpha value is -2.58. The molecule has 1 saturated carbocycles. The standard InChI is InChI=1S/C34H40Cl2N2O5/c1-5-13-37-14-12-34-23-8-10-26(38(18-20(2)3)29(39)16-21-6-9-24(35)25(36)15-21)33(34)43-32-28(42-30(40)19-41-4)11-7-22(31(32)34)17-27(23)37/h5-7,9,11,15,20,23,26-27,33H,1,8,10,12-14,16-19H2,2-4H3/t23-,26?,27+,33?,34-/m0/s1. The molecule has 2 aliphatic carbocycles. The Morgan fingerprint density at radius 1 is 1.21 bits per heavy atom. The Kier molecular flexibility index (Phi) is 8.55. The van der Waals surface area contributed by atoms with Crippen LogP contribution in [0.1, 0.15) is 49.8 Å². The Balaban J connectivity index is 1.41. The summed E-state index contributed by atoms with van der Waals surface area (Å²) in [6, 6.07) is 9.60. The fourth-order valence-corrected chi connectivity index (χ4v) is 8.71. The van der Waals surface area contributed by atoms with Crippen molar-refractivity contribution >= 4 is 35.1 Å². The van der Waals surface area contributed by atoms with Crippen molar-refractivity contribution in [1.29, 1.82) is 0 Å². The maximum absolute atomic E-state index is 14.2. The van der Waals surface area contributed by atoms with E-state index in [0.717, 1.165) is 44.3 Å². The van der Waals surface area contributed by atoms with Gasteiger partial charge in [0.1, 0.15) is 12.7 Å². The molecule has 5 atom stereocenters. The summed E-state index contributed by atoms with van der Waals surface area (Å²) in [4.78, 5) is 31.3. The number of halogens is 2. The lowest BCUT2D eigenvalue weighted by molar-refractivity contribution is -0.142. The molecule has 2 unspecified atom stereocenters. The lowest BCUT2D eigenvalue weighted by Crippen LogP contribution is -2.69. The molecular formula is C34H40Cl2N2O5. The molecule has 9 heteroatoms. The van der Waals surface area contributed by atoms with E-state index in [0.29, 0.717) is 40.0 Å². The molecule has 2 aliphatic heterocycles. The van der Waals surface area contributed by atoms with Gasteiger partial charge < -0.3 is 19.1 Å². The minimum atomic E-state index is -0.463. The molecule has 4 aliphatic rings. The van der Waals surface area contributed by atoms with E-state index in [1.165, 1.54) is 18.2 Å². The topological polar surface area (TPSA) is 68.3 Å². The molecule has 2 heterocycles. The lowest BCUT2D eigenvalue weighted by Gasteiger charge is -2.60. The second kappa shape index (κ2) is 12.1. The Bertz CT molecular complexity index is 1430. The van der Waals surface area contributed by atoms with E-state index in [1.54, 1.807) is 12.1 Å². The second-order valence-electron chi connectivity index (χ2n) is 12.8. The third-order valence-corrected chi connectivity index (χ3v) is 10.6. The summed E-state index contributed by atoms with van der Waals surface area (Å²) in [5, 5.41) is 0.915. The van der Waals surface area contributed by atoms with E-state index in [2.05, 4.69) is 36.3 Å². The van der Waals surface area contributed by atoms with Crippen LogP contribution >= 0.6 is 23.2 Å². The summed E-state index contributed by atoms with van der Waals surface area (Å²) in [5.41, 5.74) is 3.00. The van der Waals surface area contributed by atoms with Gasteiger partial charge in [0, 0.05) is 37.2 Å². The summed E-state index contributed by atoms with van der Waals surface area (Å²) in [5.74, 6) is 1.33. The molecule has 0 radical (unpaired) electrons. The fourth-order valence-electron chi connectivity index (χ4n) is 8.39. The molecule has 2 aromatic rings. The molecular weight excluding hydrogens is 587 g/mol. The van der Waals surface area contributed by atoms with Crippen LogP contribution in [0.2, 0.25) is 10.0 Å². The number of benzene rings is 2. The molecule has 1 saturated heterocycles. The summed E-state index contributed by atoms with van der Waals surface area (Å²) in [7, 11) is 1.47. The van der Waals surface area contributed by atoms with E-state index < -0.39 is 5.97 Å². The number of amides is 1. The summed E-state index contributed by atoms with van der Waals surface area (Å²) in [6.07, 6.45) is 5.65. The third-order valence-electron chi connectivity index (χ3n) is 9.86. The second-order valence-corrected chi connectivity index (χ2v) is 13.6. The lowest BCUT2D eigenvalue weighted by atomic mass is 9.51. The molecule has 1 amide bonds. The summed E-state index contributed by atoms with van der Waals surface area (Å²) >= 11 is 12.5. The molecule has 43 heavy (non-hydrogen) atoms. The molecule has 2 fully saturated rings. The molecule has 230 valence electrons. The van der Waals surface area contributed by atoms with Gasteiger partial charge in [0.05, 0.1) is 22.5 Å². The Morgan fingerprint density at radius 3 is 2.74 bits per heavy atom. The van der Waals surface area contributed by atoms with Gasteiger partial charge in [-0.15, -0.1) is 6.58 Å². The number of nitrogens with zero attached hydrogens (tertiary/aromatic N) is 2. The van der Waals surface area contributed by atoms with Crippen molar-refractivity contribution < 1.29 is 23.8 Å². The van der Waals surface area contributed by atoms with Gasteiger partial charge in [-0.1, -0.05) is 55.3 Å². The van der Waals surface area contributed by atoms with Gasteiger partial charge in [0.2, 0.25) is 5.91 Å². The molecule has 7 nitrogen and oxygen atoms in total. The van der Waals surface area contributed by atoms with Gasteiger partial charge in [0.25, 0.3) is 0 Å². The predicted molar refractivity (Wildman–Crippen MR) is 167 cm³/mol. The highest BCUT2D eigenvalue weighted by Crippen LogP contribution is 2.64. The third kappa shape index (κ3) is 5.26. The van der Waals surface area contributed by atoms with Crippen molar-refractivity contribution in [2.24, 2.45) is 11.8 Å². The summed E-state index contributed by atoms with van der Waals surface area (Å²) in [6.45, 7) is 10.6. The highest BCUT2D eigenvalue weighted by Gasteiger charge is 2.66. The first kappa shape index (κ1) is 30.4. The number of hydrogen-bond acceptors (Lipinski definition) is 6. The van der Waals surface area contributed by atoms with E-state index in [1.807, 2.05) is 18.2 Å². The van der Waals surface area contributed by atoms with Crippen LogP contribution in [0.5, 0.6) is 11.5 Å². The number of piperidine rings is 1. The van der Waals surface area contributed by atoms with Crippen molar-refractivity contribution in [3.05, 3.63) is 69.7 Å². The van der Waals surface area contributed by atoms with Crippen molar-refractivity contribution in [3.8, 4) is 11.5 Å². The Morgan fingerprint density at radius 2 is 2.02 bits per heavy atom. The van der Waals surface area contributed by atoms with Crippen molar-refractivity contribution in [3.63, 3.8) is 0 Å². The predicted octanol–water partition coefficient (Wildman–Crippen LogP) is 5.87. The first-order chi connectivity index (χ1) is 20.7. The van der Waals surface area contributed by atoms with Crippen LogP contribution in [0.15, 0.2) is 43.0 Å². The number of carbonyl (C=O) groups excluding carboxylic acids is 2. The molecule has 6 rings (SSSR count). The zero-order valence-electron chi connectivity index (χ0n) is 25.1. The first-order valence-electron chi connectivity index (χ1n) is 15.3. The van der Waals surface area contributed by atoms with E-state index in [4.69, 9.17) is 37.4 Å². The normalized spacial score (nSPS) is 26.9. The monoisotopic (exact) mass is 626 g/mol. The van der Waals surface area contributed by atoms with Crippen LogP contribution in [0.25, 0.3) is 0 Å².